The van der Waals surface area contributed by atoms with Crippen molar-refractivity contribution in [2.45, 2.75) is 19.4 Å². The lowest BCUT2D eigenvalue weighted by atomic mass is 9.85. The van der Waals surface area contributed by atoms with Gasteiger partial charge in [0.05, 0.1) is 7.11 Å². The summed E-state index contributed by atoms with van der Waals surface area (Å²) < 4.78 is 5.27. The van der Waals surface area contributed by atoms with Crippen LogP contribution in [0.1, 0.15) is 16.7 Å². The molecule has 0 aliphatic carbocycles. The van der Waals surface area contributed by atoms with E-state index in [9.17, 15) is 9.59 Å². The number of carbonyl (C=O) groups excluding carboxylic acids is 2. The van der Waals surface area contributed by atoms with E-state index in [1.54, 1.807) is 19.2 Å². The second kappa shape index (κ2) is 4.79. The van der Waals surface area contributed by atoms with E-state index < -0.39 is 11.6 Å². The number of urea groups is 1. The highest BCUT2D eigenvalue weighted by atomic mass is 16.5. The lowest BCUT2D eigenvalue weighted by Crippen LogP contribution is -2.50. The number of imide groups is 1. The van der Waals surface area contributed by atoms with Gasteiger partial charge in [0.2, 0.25) is 0 Å². The first-order valence-corrected chi connectivity index (χ1v) is 6.34. The van der Waals surface area contributed by atoms with E-state index in [1.165, 1.54) is 7.05 Å². The number of hydrogen-bond donors (Lipinski definition) is 2. The maximum Gasteiger partial charge on any atom is 0.325 e. The number of rotatable bonds is 3. The molecule has 1 aliphatic heterocycles. The molecule has 0 saturated carbocycles. The highest BCUT2D eigenvalue weighted by Crippen LogP contribution is 2.34. The molecule has 1 fully saturated rings. The summed E-state index contributed by atoms with van der Waals surface area (Å²) in [6.45, 7) is 3.81. The summed E-state index contributed by atoms with van der Waals surface area (Å²) in [6, 6.07) is 3.13. The smallest absolute Gasteiger partial charge is 0.325 e. The molecule has 0 aromatic heterocycles. The van der Waals surface area contributed by atoms with Crippen LogP contribution in [0.3, 0.4) is 0 Å². The Balaban J connectivity index is 2.62. The van der Waals surface area contributed by atoms with E-state index in [1.807, 2.05) is 13.8 Å². The van der Waals surface area contributed by atoms with Crippen LogP contribution in [0.15, 0.2) is 12.1 Å². The molecule has 0 radical (unpaired) electrons. The van der Waals surface area contributed by atoms with Gasteiger partial charge in [0.25, 0.3) is 5.91 Å². The van der Waals surface area contributed by atoms with E-state index in [2.05, 4.69) is 5.32 Å². The number of benzene rings is 1. The molecular weight excluding hydrogens is 258 g/mol. The summed E-state index contributed by atoms with van der Waals surface area (Å²) in [4.78, 5) is 25.2. The molecule has 1 aliphatic rings. The van der Waals surface area contributed by atoms with E-state index in [0.717, 1.165) is 21.8 Å². The van der Waals surface area contributed by atoms with Crippen LogP contribution in [0.4, 0.5) is 4.79 Å². The van der Waals surface area contributed by atoms with Crippen LogP contribution in [0, 0.1) is 13.8 Å². The van der Waals surface area contributed by atoms with Crippen LogP contribution >= 0.6 is 0 Å². The molecule has 20 heavy (non-hydrogen) atoms. The number of likely N-dealkylation sites (N-methyl/N-ethyl adjacent to an activating group) is 1. The van der Waals surface area contributed by atoms with Crippen LogP contribution in [0.2, 0.25) is 0 Å². The van der Waals surface area contributed by atoms with E-state index >= 15 is 0 Å². The zero-order valence-electron chi connectivity index (χ0n) is 12.1. The third-order valence-corrected chi connectivity index (χ3v) is 4.02. The van der Waals surface area contributed by atoms with Gasteiger partial charge in [0.1, 0.15) is 5.75 Å². The van der Waals surface area contributed by atoms with Gasteiger partial charge in [-0.3, -0.25) is 9.69 Å². The number of methoxy groups -OCH3 is 1. The van der Waals surface area contributed by atoms with Crippen LogP contribution in [-0.4, -0.2) is 37.5 Å². The van der Waals surface area contributed by atoms with Gasteiger partial charge in [-0.1, -0.05) is 6.07 Å². The van der Waals surface area contributed by atoms with Crippen molar-refractivity contribution in [3.63, 3.8) is 0 Å². The van der Waals surface area contributed by atoms with Gasteiger partial charge in [-0.2, -0.15) is 0 Å². The first-order chi connectivity index (χ1) is 9.39. The van der Waals surface area contributed by atoms with E-state index in [0.29, 0.717) is 5.56 Å². The number of nitrogens with two attached hydrogens (primary N) is 1. The Hall–Kier alpha value is -2.08. The van der Waals surface area contributed by atoms with Gasteiger partial charge in [0, 0.05) is 13.6 Å². The minimum atomic E-state index is -1.19. The fraction of sp³-hybridized carbons (Fsp3) is 0.429. The van der Waals surface area contributed by atoms with Crippen molar-refractivity contribution in [2.75, 3.05) is 20.7 Å². The van der Waals surface area contributed by atoms with Crippen LogP contribution in [0.25, 0.3) is 0 Å². The Bertz CT molecular complexity index is 585. The van der Waals surface area contributed by atoms with Crippen molar-refractivity contribution in [1.29, 1.82) is 0 Å². The van der Waals surface area contributed by atoms with Crippen molar-refractivity contribution in [1.82, 2.24) is 10.2 Å². The lowest BCUT2D eigenvalue weighted by Gasteiger charge is -2.28. The Kier molecular flexibility index (Phi) is 3.43. The Labute approximate surface area is 117 Å². The average Bonchev–Trinajstić information content (AvgIpc) is 2.67. The van der Waals surface area contributed by atoms with Crippen molar-refractivity contribution < 1.29 is 14.3 Å². The maximum absolute atomic E-state index is 12.4. The monoisotopic (exact) mass is 277 g/mol. The molecule has 3 amide bonds. The van der Waals surface area contributed by atoms with Gasteiger partial charge in [-0.25, -0.2) is 4.79 Å². The summed E-state index contributed by atoms with van der Waals surface area (Å²) in [5.41, 5.74) is 7.15. The molecule has 1 heterocycles. The highest BCUT2D eigenvalue weighted by Gasteiger charge is 2.51. The molecule has 1 aromatic carbocycles. The molecule has 3 N–H and O–H groups in total. The fourth-order valence-electron chi connectivity index (χ4n) is 2.61. The Morgan fingerprint density at radius 2 is 1.95 bits per heavy atom. The number of ether oxygens (including phenoxy) is 1. The van der Waals surface area contributed by atoms with Crippen LogP contribution in [-0.2, 0) is 10.3 Å². The van der Waals surface area contributed by atoms with Gasteiger partial charge in [-0.05, 0) is 36.6 Å². The largest absolute Gasteiger partial charge is 0.496 e. The zero-order valence-corrected chi connectivity index (χ0v) is 12.1. The van der Waals surface area contributed by atoms with Crippen molar-refractivity contribution in [2.24, 2.45) is 5.73 Å². The molecule has 1 unspecified atom stereocenters. The van der Waals surface area contributed by atoms with Crippen molar-refractivity contribution in [3.05, 3.63) is 28.8 Å². The first kappa shape index (κ1) is 14.3. The second-order valence-corrected chi connectivity index (χ2v) is 4.97. The van der Waals surface area contributed by atoms with E-state index in [4.69, 9.17) is 10.5 Å². The Morgan fingerprint density at radius 1 is 1.30 bits per heavy atom. The number of hydrogen-bond acceptors (Lipinski definition) is 4. The molecule has 6 nitrogen and oxygen atoms in total. The zero-order chi connectivity index (χ0) is 15.1. The van der Waals surface area contributed by atoms with Gasteiger partial charge in [0.15, 0.2) is 5.54 Å². The number of amides is 3. The molecule has 2 rings (SSSR count). The standard InChI is InChI=1S/C14H19N3O3/c1-8-9(2)11(20-4)6-5-10(8)14(7-15)12(18)17(3)13(19)16-14/h5-6H,7,15H2,1-4H3,(H,16,19). The van der Waals surface area contributed by atoms with Crippen LogP contribution in [0.5, 0.6) is 5.75 Å². The predicted octanol–water partition coefficient (Wildman–Crippen LogP) is 0.648. The summed E-state index contributed by atoms with van der Waals surface area (Å²) >= 11 is 0. The Morgan fingerprint density at radius 3 is 2.40 bits per heavy atom. The summed E-state index contributed by atoms with van der Waals surface area (Å²) in [6.07, 6.45) is 0. The number of carbonyl (C=O) groups is 2. The normalized spacial score (nSPS) is 22.1. The topological polar surface area (TPSA) is 84.7 Å². The molecule has 1 atom stereocenters. The molecule has 1 aromatic rings. The van der Waals surface area contributed by atoms with Crippen molar-refractivity contribution >= 4 is 11.9 Å². The third-order valence-electron chi connectivity index (χ3n) is 4.02. The molecule has 6 heteroatoms. The minimum absolute atomic E-state index is 0.00845. The molecule has 108 valence electrons. The SMILES string of the molecule is COc1ccc(C2(CN)NC(=O)N(C)C2=O)c(C)c1C. The number of nitrogens with zero attached hydrogens (tertiary/aromatic N) is 1. The summed E-state index contributed by atoms with van der Waals surface area (Å²) in [5.74, 6) is 0.404. The van der Waals surface area contributed by atoms with Crippen molar-refractivity contribution in [3.8, 4) is 5.75 Å². The van der Waals surface area contributed by atoms with E-state index in [-0.39, 0.29) is 12.5 Å². The molecule has 1 saturated heterocycles. The second-order valence-electron chi connectivity index (χ2n) is 4.97. The maximum atomic E-state index is 12.4. The fourth-order valence-corrected chi connectivity index (χ4v) is 2.61. The van der Waals surface area contributed by atoms with Gasteiger partial charge < -0.3 is 15.8 Å². The van der Waals surface area contributed by atoms with Gasteiger partial charge in [-0.15, -0.1) is 0 Å². The highest BCUT2D eigenvalue weighted by molar-refractivity contribution is 6.07. The first-order valence-electron chi connectivity index (χ1n) is 6.34. The van der Waals surface area contributed by atoms with Crippen LogP contribution < -0.4 is 15.8 Å². The predicted molar refractivity (Wildman–Crippen MR) is 74.5 cm³/mol. The third kappa shape index (κ3) is 1.76. The lowest BCUT2D eigenvalue weighted by molar-refractivity contribution is -0.130. The molecular formula is C14H19N3O3. The quantitative estimate of drug-likeness (QED) is 0.794. The minimum Gasteiger partial charge on any atom is -0.496 e. The average molecular weight is 277 g/mol. The number of nitrogens with one attached hydrogen (secondary N) is 1. The summed E-state index contributed by atoms with van der Waals surface area (Å²) in [7, 11) is 3.04. The molecule has 0 spiro atoms. The molecule has 0 bridgehead atoms. The van der Waals surface area contributed by atoms with Gasteiger partial charge >= 0.3 is 6.03 Å². The summed E-state index contributed by atoms with van der Waals surface area (Å²) in [5, 5.41) is 2.71.